The summed E-state index contributed by atoms with van der Waals surface area (Å²) < 4.78 is 5.48. The predicted octanol–water partition coefficient (Wildman–Crippen LogP) is 1.77. The Morgan fingerprint density at radius 2 is 2.18 bits per heavy atom. The first-order chi connectivity index (χ1) is 10.5. The van der Waals surface area contributed by atoms with E-state index < -0.39 is 11.9 Å². The minimum Gasteiger partial charge on any atom is -0.481 e. The molecule has 0 saturated carbocycles. The van der Waals surface area contributed by atoms with Gasteiger partial charge < -0.3 is 14.4 Å². The number of aromatic nitrogens is 2. The number of aliphatic carboxylic acids is 1. The van der Waals surface area contributed by atoms with Crippen LogP contribution in [0.15, 0.2) is 22.6 Å². The van der Waals surface area contributed by atoms with E-state index in [-0.39, 0.29) is 24.1 Å². The molecule has 0 unspecified atom stereocenters. The standard InChI is InChI=1S/C15H17N3O4/c1-8-6-18(7-10(8)15(20)21)14(19)12-5-11(16-17-12)13-4-3-9(2)22-13/h3-5,8,10H,6-7H2,1-2H3,(H,16,17)(H,20,21)/t8-,10-/m1/s1. The molecule has 116 valence electrons. The molecule has 0 spiro atoms. The van der Waals surface area contributed by atoms with Gasteiger partial charge >= 0.3 is 5.97 Å². The molecule has 1 saturated heterocycles. The number of carboxylic acids is 1. The second kappa shape index (κ2) is 5.32. The number of furan rings is 1. The lowest BCUT2D eigenvalue weighted by atomic mass is 9.99. The number of amides is 1. The number of carbonyl (C=O) groups excluding carboxylic acids is 1. The van der Waals surface area contributed by atoms with Gasteiger partial charge in [0.2, 0.25) is 0 Å². The van der Waals surface area contributed by atoms with Crippen molar-refractivity contribution in [1.82, 2.24) is 15.1 Å². The summed E-state index contributed by atoms with van der Waals surface area (Å²) in [5.41, 5.74) is 0.890. The number of aryl methyl sites for hydroxylation is 1. The monoisotopic (exact) mass is 303 g/mol. The summed E-state index contributed by atoms with van der Waals surface area (Å²) >= 11 is 0. The van der Waals surface area contributed by atoms with Crippen LogP contribution < -0.4 is 0 Å². The highest BCUT2D eigenvalue weighted by Crippen LogP contribution is 2.26. The molecule has 0 aromatic carbocycles. The molecular weight excluding hydrogens is 286 g/mol. The van der Waals surface area contributed by atoms with Crippen LogP contribution in [0.4, 0.5) is 0 Å². The predicted molar refractivity (Wildman–Crippen MR) is 77.2 cm³/mol. The Hall–Kier alpha value is -2.57. The van der Waals surface area contributed by atoms with Crippen molar-refractivity contribution < 1.29 is 19.1 Å². The van der Waals surface area contributed by atoms with E-state index in [0.717, 1.165) is 5.76 Å². The third kappa shape index (κ3) is 2.49. The minimum absolute atomic E-state index is 0.0624. The number of aromatic amines is 1. The quantitative estimate of drug-likeness (QED) is 0.900. The Morgan fingerprint density at radius 3 is 2.77 bits per heavy atom. The van der Waals surface area contributed by atoms with Crippen molar-refractivity contribution >= 4 is 11.9 Å². The number of likely N-dealkylation sites (tertiary alicyclic amines) is 1. The lowest BCUT2D eigenvalue weighted by Crippen LogP contribution is -2.30. The number of nitrogens with one attached hydrogen (secondary N) is 1. The van der Waals surface area contributed by atoms with Gasteiger partial charge in [0.05, 0.1) is 5.92 Å². The van der Waals surface area contributed by atoms with Gasteiger partial charge in [-0.1, -0.05) is 6.92 Å². The third-order valence-corrected chi connectivity index (χ3v) is 4.02. The Morgan fingerprint density at radius 1 is 1.41 bits per heavy atom. The van der Waals surface area contributed by atoms with Crippen LogP contribution in [0.25, 0.3) is 11.5 Å². The number of hydrogen-bond acceptors (Lipinski definition) is 4. The summed E-state index contributed by atoms with van der Waals surface area (Å²) in [5, 5.41) is 15.9. The Balaban J connectivity index is 1.76. The second-order valence-electron chi connectivity index (χ2n) is 5.71. The first kappa shape index (κ1) is 14.4. The molecule has 22 heavy (non-hydrogen) atoms. The van der Waals surface area contributed by atoms with Crippen molar-refractivity contribution in [2.75, 3.05) is 13.1 Å². The van der Waals surface area contributed by atoms with Crippen LogP contribution in [0, 0.1) is 18.8 Å². The largest absolute Gasteiger partial charge is 0.481 e. The Labute approximate surface area is 126 Å². The van der Waals surface area contributed by atoms with E-state index in [0.29, 0.717) is 18.0 Å². The fourth-order valence-corrected chi connectivity index (χ4v) is 2.75. The van der Waals surface area contributed by atoms with Crippen LogP contribution in [0.2, 0.25) is 0 Å². The molecule has 7 heteroatoms. The number of nitrogens with zero attached hydrogens (tertiary/aromatic N) is 2. The molecule has 0 bridgehead atoms. The summed E-state index contributed by atoms with van der Waals surface area (Å²) in [6.45, 7) is 4.33. The topological polar surface area (TPSA) is 99.4 Å². The number of carboxylic acid groups (broad SMARTS) is 1. The van der Waals surface area contributed by atoms with E-state index in [1.54, 1.807) is 12.1 Å². The summed E-state index contributed by atoms with van der Waals surface area (Å²) in [5.74, 6) is -0.321. The SMILES string of the molecule is Cc1ccc(-c2cc(C(=O)N3C[C@@H](C)[C@H](C(=O)O)C3)n[nH]2)o1. The maximum absolute atomic E-state index is 12.4. The van der Waals surface area contributed by atoms with Gasteiger partial charge in [-0.15, -0.1) is 0 Å². The van der Waals surface area contributed by atoms with Gasteiger partial charge in [-0.3, -0.25) is 14.7 Å². The number of hydrogen-bond donors (Lipinski definition) is 2. The molecule has 0 radical (unpaired) electrons. The summed E-state index contributed by atoms with van der Waals surface area (Å²) in [4.78, 5) is 25.1. The highest BCUT2D eigenvalue weighted by atomic mass is 16.4. The lowest BCUT2D eigenvalue weighted by Gasteiger charge is -2.13. The molecular formula is C15H17N3O4. The number of H-pyrrole nitrogens is 1. The highest BCUT2D eigenvalue weighted by Gasteiger charge is 2.37. The van der Waals surface area contributed by atoms with Gasteiger partial charge in [-0.25, -0.2) is 0 Å². The Bertz CT molecular complexity index is 718. The minimum atomic E-state index is -0.864. The van der Waals surface area contributed by atoms with Crippen molar-refractivity contribution in [2.24, 2.45) is 11.8 Å². The van der Waals surface area contributed by atoms with Crippen molar-refractivity contribution in [1.29, 1.82) is 0 Å². The fourth-order valence-electron chi connectivity index (χ4n) is 2.75. The molecule has 2 atom stereocenters. The van der Waals surface area contributed by atoms with E-state index in [1.807, 2.05) is 19.9 Å². The van der Waals surface area contributed by atoms with E-state index in [1.165, 1.54) is 4.90 Å². The van der Waals surface area contributed by atoms with Gasteiger partial charge in [-0.05, 0) is 25.0 Å². The van der Waals surface area contributed by atoms with Gasteiger partial charge in [0.15, 0.2) is 11.5 Å². The molecule has 7 nitrogen and oxygen atoms in total. The molecule has 3 rings (SSSR count). The zero-order chi connectivity index (χ0) is 15.9. The van der Waals surface area contributed by atoms with E-state index in [9.17, 15) is 9.59 Å². The molecule has 1 amide bonds. The zero-order valence-electron chi connectivity index (χ0n) is 12.4. The average Bonchev–Trinajstić information content (AvgIpc) is 3.16. The fraction of sp³-hybridized carbons (Fsp3) is 0.400. The maximum Gasteiger partial charge on any atom is 0.308 e. The van der Waals surface area contributed by atoms with Crippen molar-refractivity contribution in [3.05, 3.63) is 29.7 Å². The van der Waals surface area contributed by atoms with Gasteiger partial charge in [0, 0.05) is 19.2 Å². The number of rotatable bonds is 3. The summed E-state index contributed by atoms with van der Waals surface area (Å²) in [6, 6.07) is 5.26. The Kier molecular flexibility index (Phi) is 3.48. The van der Waals surface area contributed by atoms with E-state index in [2.05, 4.69) is 10.2 Å². The molecule has 1 aliphatic rings. The second-order valence-corrected chi connectivity index (χ2v) is 5.71. The summed E-state index contributed by atoms with van der Waals surface area (Å²) in [6.07, 6.45) is 0. The van der Waals surface area contributed by atoms with Crippen LogP contribution in [-0.2, 0) is 4.79 Å². The summed E-state index contributed by atoms with van der Waals surface area (Å²) in [7, 11) is 0. The molecule has 3 heterocycles. The van der Waals surface area contributed by atoms with Crippen LogP contribution in [0.3, 0.4) is 0 Å². The van der Waals surface area contributed by atoms with E-state index in [4.69, 9.17) is 9.52 Å². The number of carbonyl (C=O) groups is 2. The van der Waals surface area contributed by atoms with Crippen LogP contribution in [-0.4, -0.2) is 45.2 Å². The van der Waals surface area contributed by atoms with Crippen molar-refractivity contribution in [3.8, 4) is 11.5 Å². The zero-order valence-corrected chi connectivity index (χ0v) is 12.4. The van der Waals surface area contributed by atoms with Gasteiger partial charge in [0.1, 0.15) is 11.5 Å². The molecule has 0 aliphatic carbocycles. The molecule has 1 aliphatic heterocycles. The van der Waals surface area contributed by atoms with E-state index >= 15 is 0 Å². The highest BCUT2D eigenvalue weighted by molar-refractivity contribution is 5.94. The molecule has 2 N–H and O–H groups in total. The van der Waals surface area contributed by atoms with Crippen molar-refractivity contribution in [3.63, 3.8) is 0 Å². The third-order valence-electron chi connectivity index (χ3n) is 4.02. The van der Waals surface area contributed by atoms with Gasteiger partial charge in [-0.2, -0.15) is 5.10 Å². The smallest absolute Gasteiger partial charge is 0.308 e. The average molecular weight is 303 g/mol. The first-order valence-electron chi connectivity index (χ1n) is 7.10. The molecule has 1 fully saturated rings. The normalized spacial score (nSPS) is 21.3. The molecule has 2 aromatic rings. The van der Waals surface area contributed by atoms with Crippen LogP contribution in [0.5, 0.6) is 0 Å². The lowest BCUT2D eigenvalue weighted by molar-refractivity contribution is -0.142. The first-order valence-corrected chi connectivity index (χ1v) is 7.10. The van der Waals surface area contributed by atoms with Crippen LogP contribution >= 0.6 is 0 Å². The van der Waals surface area contributed by atoms with Crippen molar-refractivity contribution in [2.45, 2.75) is 13.8 Å². The molecule has 2 aromatic heterocycles. The maximum atomic E-state index is 12.4. The van der Waals surface area contributed by atoms with Crippen LogP contribution in [0.1, 0.15) is 23.2 Å². The van der Waals surface area contributed by atoms with Gasteiger partial charge in [0.25, 0.3) is 5.91 Å².